The molecule has 0 spiro atoms. The summed E-state index contributed by atoms with van der Waals surface area (Å²) < 4.78 is 27.6. The van der Waals surface area contributed by atoms with Crippen LogP contribution >= 0.6 is 0 Å². The van der Waals surface area contributed by atoms with Gasteiger partial charge in [-0.2, -0.15) is 5.10 Å². The number of hydrogen-bond acceptors (Lipinski definition) is 7. The topological polar surface area (TPSA) is 116 Å². The Morgan fingerprint density at radius 1 is 0.786 bits per heavy atom. The molecule has 42 heavy (non-hydrogen) atoms. The first-order valence-electron chi connectivity index (χ1n) is 13.8. The largest absolute Gasteiger partial charge is 0.374 e. The summed E-state index contributed by atoms with van der Waals surface area (Å²) in [4.78, 5) is 7.48. The molecule has 0 amide bonds. The third-order valence-corrected chi connectivity index (χ3v) is 7.12. The van der Waals surface area contributed by atoms with Gasteiger partial charge in [0.15, 0.2) is 11.9 Å². The van der Waals surface area contributed by atoms with E-state index in [1.54, 1.807) is 23.1 Å². The maximum Gasteiger partial charge on any atom is 0.181 e. The lowest BCUT2D eigenvalue weighted by atomic mass is 10.1. The molecule has 1 aliphatic heterocycles. The van der Waals surface area contributed by atoms with Gasteiger partial charge in [0.1, 0.15) is 18.3 Å². The molecule has 10 heteroatoms. The molecule has 5 aromatic rings. The monoisotopic (exact) mass is 562 g/mol. The standard InChI is InChI=1S/C32H30N6O4/c33-37-36-27-16-17-34-31-26(27)18-35-38(31)32-30(41-21-25-14-8-3-9-15-25)29(40-20-24-12-6-2-7-13-24)28(42-32)22-39-19-23-10-4-1-5-11-23/h1-18,28-30,32H,19-22H2/t28-,29-,30+,32-/m1/s1. The first-order chi connectivity index (χ1) is 20.8. The first kappa shape index (κ1) is 27.6. The number of aromatic nitrogens is 3. The number of ether oxygens (including phenoxy) is 4. The van der Waals surface area contributed by atoms with E-state index in [0.717, 1.165) is 16.7 Å². The van der Waals surface area contributed by atoms with Crippen LogP contribution in [-0.4, -0.2) is 39.7 Å². The van der Waals surface area contributed by atoms with Crippen molar-refractivity contribution in [2.24, 2.45) is 5.11 Å². The van der Waals surface area contributed by atoms with Gasteiger partial charge in [-0.15, -0.1) is 0 Å². The second kappa shape index (κ2) is 13.4. The molecule has 212 valence electrons. The van der Waals surface area contributed by atoms with Crippen LogP contribution < -0.4 is 0 Å². The van der Waals surface area contributed by atoms with Crippen LogP contribution in [0.3, 0.4) is 0 Å². The number of hydrogen-bond donors (Lipinski definition) is 0. The van der Waals surface area contributed by atoms with Gasteiger partial charge in [0, 0.05) is 16.5 Å². The van der Waals surface area contributed by atoms with Crippen LogP contribution in [0, 0.1) is 0 Å². The average molecular weight is 563 g/mol. The van der Waals surface area contributed by atoms with Crippen LogP contribution in [0.1, 0.15) is 22.9 Å². The Labute approximate surface area is 243 Å². The number of rotatable bonds is 12. The minimum absolute atomic E-state index is 0.284. The van der Waals surface area contributed by atoms with E-state index < -0.39 is 24.5 Å². The average Bonchev–Trinajstić information content (AvgIpc) is 3.62. The maximum atomic E-state index is 9.04. The highest BCUT2D eigenvalue weighted by molar-refractivity contribution is 5.86. The molecule has 2 aromatic heterocycles. The Balaban J connectivity index is 1.32. The minimum Gasteiger partial charge on any atom is -0.374 e. The lowest BCUT2D eigenvalue weighted by Crippen LogP contribution is -2.38. The van der Waals surface area contributed by atoms with E-state index in [-0.39, 0.29) is 6.61 Å². The summed E-state index contributed by atoms with van der Waals surface area (Å²) in [7, 11) is 0. The number of benzene rings is 3. The summed E-state index contributed by atoms with van der Waals surface area (Å²) in [5.74, 6) is 0. The van der Waals surface area contributed by atoms with Gasteiger partial charge in [0.05, 0.1) is 38.3 Å². The summed E-state index contributed by atoms with van der Waals surface area (Å²) >= 11 is 0. The molecular weight excluding hydrogens is 532 g/mol. The van der Waals surface area contributed by atoms with Crippen molar-refractivity contribution in [2.75, 3.05) is 6.61 Å². The van der Waals surface area contributed by atoms with Crippen molar-refractivity contribution in [1.82, 2.24) is 14.8 Å². The molecule has 0 aliphatic carbocycles. The molecule has 0 saturated carbocycles. The van der Waals surface area contributed by atoms with Crippen LogP contribution in [0.25, 0.3) is 21.5 Å². The van der Waals surface area contributed by atoms with Crippen molar-refractivity contribution in [3.8, 4) is 0 Å². The van der Waals surface area contributed by atoms with Crippen LogP contribution in [0.5, 0.6) is 0 Å². The lowest BCUT2D eigenvalue weighted by Gasteiger charge is -2.25. The highest BCUT2D eigenvalue weighted by Crippen LogP contribution is 2.37. The Morgan fingerprint density at radius 2 is 1.38 bits per heavy atom. The smallest absolute Gasteiger partial charge is 0.181 e. The van der Waals surface area contributed by atoms with Crippen LogP contribution in [0.4, 0.5) is 5.69 Å². The van der Waals surface area contributed by atoms with Crippen molar-refractivity contribution in [2.45, 2.75) is 44.4 Å². The van der Waals surface area contributed by atoms with Gasteiger partial charge in [0.2, 0.25) is 0 Å². The Hall–Kier alpha value is -4.57. The quantitative estimate of drug-likeness (QED) is 0.0954. The molecule has 3 aromatic carbocycles. The van der Waals surface area contributed by atoms with Crippen LogP contribution in [-0.2, 0) is 38.8 Å². The molecule has 6 rings (SSSR count). The third kappa shape index (κ3) is 6.33. The molecule has 1 fully saturated rings. The zero-order valence-corrected chi connectivity index (χ0v) is 22.8. The normalized spacial score (nSPS) is 20.0. The number of azide groups is 1. The van der Waals surface area contributed by atoms with Crippen molar-refractivity contribution >= 4 is 16.7 Å². The maximum absolute atomic E-state index is 9.04. The van der Waals surface area contributed by atoms with Gasteiger partial charge in [0.25, 0.3) is 0 Å². The minimum atomic E-state index is -0.675. The Bertz CT molecular complexity index is 1630. The second-order valence-electron chi connectivity index (χ2n) is 9.93. The van der Waals surface area contributed by atoms with Crippen LogP contribution in [0.2, 0.25) is 0 Å². The van der Waals surface area contributed by atoms with E-state index >= 15 is 0 Å². The number of pyridine rings is 1. The zero-order chi connectivity index (χ0) is 28.6. The van der Waals surface area contributed by atoms with Gasteiger partial charge in [-0.1, -0.05) is 96.1 Å². The van der Waals surface area contributed by atoms with E-state index in [1.807, 2.05) is 91.0 Å². The molecule has 1 aliphatic rings. The van der Waals surface area contributed by atoms with Crippen molar-refractivity contribution in [3.05, 3.63) is 137 Å². The van der Waals surface area contributed by atoms with Gasteiger partial charge in [-0.05, 0) is 28.3 Å². The molecule has 1 saturated heterocycles. The summed E-state index contributed by atoms with van der Waals surface area (Å²) in [6, 6.07) is 31.6. The van der Waals surface area contributed by atoms with E-state index in [4.69, 9.17) is 24.5 Å². The number of fused-ring (bicyclic) bond motifs is 1. The molecule has 3 heterocycles. The number of nitrogens with zero attached hydrogens (tertiary/aromatic N) is 6. The molecule has 10 nitrogen and oxygen atoms in total. The van der Waals surface area contributed by atoms with E-state index in [1.165, 1.54) is 0 Å². The molecule has 0 N–H and O–H groups in total. The van der Waals surface area contributed by atoms with Gasteiger partial charge in [-0.25, -0.2) is 9.67 Å². The summed E-state index contributed by atoms with van der Waals surface area (Å²) in [5, 5.41) is 9.03. The highest BCUT2D eigenvalue weighted by Gasteiger charge is 2.48. The van der Waals surface area contributed by atoms with Gasteiger partial charge < -0.3 is 18.9 Å². The fourth-order valence-corrected chi connectivity index (χ4v) is 5.07. The summed E-state index contributed by atoms with van der Waals surface area (Å²) in [6.45, 7) is 1.45. The van der Waals surface area contributed by atoms with E-state index in [2.05, 4.69) is 20.1 Å². The van der Waals surface area contributed by atoms with E-state index in [0.29, 0.717) is 36.5 Å². The predicted octanol–water partition coefficient (Wildman–Crippen LogP) is 6.66. The fraction of sp³-hybridized carbons (Fsp3) is 0.250. The predicted molar refractivity (Wildman–Crippen MR) is 156 cm³/mol. The molecule has 0 radical (unpaired) electrons. The molecule has 0 bridgehead atoms. The van der Waals surface area contributed by atoms with Gasteiger partial charge >= 0.3 is 0 Å². The second-order valence-corrected chi connectivity index (χ2v) is 9.93. The first-order valence-corrected chi connectivity index (χ1v) is 13.8. The SMILES string of the molecule is [N-]=[N+]=Nc1ccnc2c1cnn2[C@@H]1O[C@H](COCc2ccccc2)[C@@H](OCc2ccccc2)[C@@H]1OCc1ccccc1. The Morgan fingerprint density at radius 3 is 2.00 bits per heavy atom. The lowest BCUT2D eigenvalue weighted by molar-refractivity contribution is -0.0926. The molecular formula is C32H30N6O4. The van der Waals surface area contributed by atoms with Crippen LogP contribution in [0.15, 0.2) is 115 Å². The highest BCUT2D eigenvalue weighted by atomic mass is 16.6. The molecule has 4 atom stereocenters. The van der Waals surface area contributed by atoms with E-state index in [9.17, 15) is 0 Å². The fourth-order valence-electron chi connectivity index (χ4n) is 5.07. The summed E-state index contributed by atoms with van der Waals surface area (Å²) in [5.41, 5.74) is 13.1. The Kier molecular flexibility index (Phi) is 8.80. The summed E-state index contributed by atoms with van der Waals surface area (Å²) in [6.07, 6.45) is 1.06. The van der Waals surface area contributed by atoms with Crippen molar-refractivity contribution in [3.63, 3.8) is 0 Å². The van der Waals surface area contributed by atoms with Gasteiger partial charge in [-0.3, -0.25) is 0 Å². The van der Waals surface area contributed by atoms with Crippen molar-refractivity contribution < 1.29 is 18.9 Å². The third-order valence-electron chi connectivity index (χ3n) is 7.12. The van der Waals surface area contributed by atoms with Crippen molar-refractivity contribution in [1.29, 1.82) is 0 Å². The zero-order valence-electron chi connectivity index (χ0n) is 22.8. The molecule has 0 unspecified atom stereocenters.